The zero-order chi connectivity index (χ0) is 13.8. The van der Waals surface area contributed by atoms with Crippen LogP contribution in [0.25, 0.3) is 4.91 Å². The Morgan fingerprint density at radius 1 is 1.37 bits per heavy atom. The number of nitrogens with two attached hydrogens (primary N) is 1. The van der Waals surface area contributed by atoms with E-state index in [-0.39, 0.29) is 11.3 Å². The van der Waals surface area contributed by atoms with E-state index < -0.39 is 0 Å². The third kappa shape index (κ3) is 2.95. The van der Waals surface area contributed by atoms with E-state index >= 15 is 0 Å². The first-order chi connectivity index (χ1) is 9.15. The Hall–Kier alpha value is -1.42. The molecule has 3 nitrogen and oxygen atoms in total. The lowest BCUT2D eigenvalue weighted by Gasteiger charge is -2.24. The van der Waals surface area contributed by atoms with Crippen molar-refractivity contribution in [2.24, 2.45) is 5.73 Å². The van der Waals surface area contributed by atoms with Crippen LogP contribution >= 0.6 is 11.8 Å². The molecule has 2 N–H and O–H groups in total. The first-order valence-electron chi connectivity index (χ1n) is 6.68. The Bertz CT molecular complexity index is 484. The Balaban J connectivity index is 2.37. The van der Waals surface area contributed by atoms with Gasteiger partial charge in [-0.2, -0.15) is 0 Å². The van der Waals surface area contributed by atoms with E-state index in [1.54, 1.807) is 11.8 Å². The van der Waals surface area contributed by atoms with Crippen molar-refractivity contribution in [2.75, 3.05) is 6.54 Å². The molecular formula is C15H20N2OS. The molecule has 1 atom stereocenters. The van der Waals surface area contributed by atoms with Crippen LogP contribution < -0.4 is 5.73 Å². The second-order valence-corrected chi connectivity index (χ2v) is 6.00. The van der Waals surface area contributed by atoms with E-state index in [1.165, 1.54) is 0 Å². The number of amides is 1. The maximum absolute atomic E-state index is 11.8. The van der Waals surface area contributed by atoms with E-state index in [0.29, 0.717) is 5.70 Å². The molecule has 1 aliphatic heterocycles. The second-order valence-electron chi connectivity index (χ2n) is 4.67. The number of rotatable bonds is 5. The molecule has 0 radical (unpaired) electrons. The predicted octanol–water partition coefficient (Wildman–Crippen LogP) is 3.04. The summed E-state index contributed by atoms with van der Waals surface area (Å²) in [5.74, 6) is -0.327. The zero-order valence-corrected chi connectivity index (χ0v) is 12.2. The molecular weight excluding hydrogens is 256 g/mol. The van der Waals surface area contributed by atoms with E-state index in [4.69, 9.17) is 5.73 Å². The van der Waals surface area contributed by atoms with Crippen molar-refractivity contribution in [3.05, 3.63) is 41.6 Å². The number of benzene rings is 1. The van der Waals surface area contributed by atoms with Crippen molar-refractivity contribution >= 4 is 22.6 Å². The summed E-state index contributed by atoms with van der Waals surface area (Å²) >= 11 is 1.72. The highest BCUT2D eigenvalue weighted by Crippen LogP contribution is 2.43. The molecule has 1 amide bonds. The maximum atomic E-state index is 11.8. The highest BCUT2D eigenvalue weighted by molar-refractivity contribution is 8.09. The fourth-order valence-corrected chi connectivity index (χ4v) is 3.55. The van der Waals surface area contributed by atoms with Gasteiger partial charge in [0.05, 0.1) is 5.37 Å². The molecule has 0 bridgehead atoms. The standard InChI is InChI=1S/C15H20N2OS/c1-3-4-10-17-11(2)19-14(13(17)15(16)18)12-8-6-5-7-9-12/h5-9,11H,3-4,10H2,1-2H3,(H2,16,18). The van der Waals surface area contributed by atoms with Crippen molar-refractivity contribution in [3.63, 3.8) is 0 Å². The minimum Gasteiger partial charge on any atom is -0.364 e. The molecule has 19 heavy (non-hydrogen) atoms. The van der Waals surface area contributed by atoms with Gasteiger partial charge in [0.1, 0.15) is 5.70 Å². The largest absolute Gasteiger partial charge is 0.364 e. The van der Waals surface area contributed by atoms with E-state index in [2.05, 4.69) is 18.7 Å². The van der Waals surface area contributed by atoms with Crippen LogP contribution in [0.1, 0.15) is 32.3 Å². The number of carbonyl (C=O) groups excluding carboxylic acids is 1. The summed E-state index contributed by atoms with van der Waals surface area (Å²) in [4.78, 5) is 15.0. The number of unbranched alkanes of at least 4 members (excludes halogenated alkanes) is 1. The van der Waals surface area contributed by atoms with Crippen LogP contribution in [0.15, 0.2) is 36.0 Å². The average molecular weight is 276 g/mol. The van der Waals surface area contributed by atoms with Gasteiger partial charge < -0.3 is 10.6 Å². The Morgan fingerprint density at radius 3 is 2.63 bits per heavy atom. The van der Waals surface area contributed by atoms with Crippen molar-refractivity contribution in [2.45, 2.75) is 32.1 Å². The summed E-state index contributed by atoms with van der Waals surface area (Å²) in [5, 5.41) is 0.268. The number of hydrogen-bond acceptors (Lipinski definition) is 3. The van der Waals surface area contributed by atoms with Crippen LogP contribution in [0.2, 0.25) is 0 Å². The topological polar surface area (TPSA) is 46.3 Å². The lowest BCUT2D eigenvalue weighted by atomic mass is 10.1. The number of thioether (sulfide) groups is 1. The van der Waals surface area contributed by atoms with Gasteiger partial charge in [0.15, 0.2) is 0 Å². The van der Waals surface area contributed by atoms with Crippen LogP contribution in [0.3, 0.4) is 0 Å². The molecule has 0 fully saturated rings. The van der Waals surface area contributed by atoms with Gasteiger partial charge in [0, 0.05) is 11.4 Å². The van der Waals surface area contributed by atoms with E-state index in [0.717, 1.165) is 29.9 Å². The van der Waals surface area contributed by atoms with Gasteiger partial charge in [-0.15, -0.1) is 0 Å². The maximum Gasteiger partial charge on any atom is 0.266 e. The smallest absolute Gasteiger partial charge is 0.266 e. The van der Waals surface area contributed by atoms with Crippen LogP contribution in [-0.4, -0.2) is 22.7 Å². The van der Waals surface area contributed by atoms with Gasteiger partial charge >= 0.3 is 0 Å². The van der Waals surface area contributed by atoms with Gasteiger partial charge in [-0.25, -0.2) is 0 Å². The summed E-state index contributed by atoms with van der Waals surface area (Å²) in [6, 6.07) is 10.0. The third-order valence-corrected chi connectivity index (χ3v) is 4.51. The molecule has 2 rings (SSSR count). The van der Waals surface area contributed by atoms with Gasteiger partial charge in [-0.05, 0) is 18.9 Å². The SMILES string of the molecule is CCCCN1C(C(N)=O)=C(c2ccccc2)SC1C. The Kier molecular flexibility index (Phi) is 4.53. The monoisotopic (exact) mass is 276 g/mol. The highest BCUT2D eigenvalue weighted by Gasteiger charge is 2.32. The van der Waals surface area contributed by atoms with Crippen LogP contribution in [0.5, 0.6) is 0 Å². The minimum atomic E-state index is -0.327. The number of nitrogens with zero attached hydrogens (tertiary/aromatic N) is 1. The lowest BCUT2D eigenvalue weighted by Crippen LogP contribution is -2.33. The van der Waals surface area contributed by atoms with Crippen LogP contribution in [0, 0.1) is 0 Å². The molecule has 1 unspecified atom stereocenters. The van der Waals surface area contributed by atoms with E-state index in [1.807, 2.05) is 30.3 Å². The molecule has 102 valence electrons. The normalized spacial score (nSPS) is 19.1. The van der Waals surface area contributed by atoms with Gasteiger partial charge in [-0.1, -0.05) is 55.4 Å². The molecule has 0 spiro atoms. The van der Waals surface area contributed by atoms with Crippen molar-refractivity contribution < 1.29 is 4.79 Å². The summed E-state index contributed by atoms with van der Waals surface area (Å²) in [7, 11) is 0. The fraction of sp³-hybridized carbons (Fsp3) is 0.400. The molecule has 0 aromatic heterocycles. The molecule has 1 heterocycles. The van der Waals surface area contributed by atoms with Crippen LogP contribution in [-0.2, 0) is 4.79 Å². The molecule has 0 saturated heterocycles. The highest BCUT2D eigenvalue weighted by atomic mass is 32.2. The summed E-state index contributed by atoms with van der Waals surface area (Å²) in [6.45, 7) is 5.16. The van der Waals surface area contributed by atoms with Crippen LogP contribution in [0.4, 0.5) is 0 Å². The second kappa shape index (κ2) is 6.15. The Labute approximate surface area is 118 Å². The first kappa shape index (κ1) is 14.0. The molecule has 0 aliphatic carbocycles. The zero-order valence-electron chi connectivity index (χ0n) is 11.4. The third-order valence-electron chi connectivity index (χ3n) is 3.25. The van der Waals surface area contributed by atoms with Gasteiger partial charge in [0.25, 0.3) is 5.91 Å². The van der Waals surface area contributed by atoms with Gasteiger partial charge in [0.2, 0.25) is 0 Å². The quantitative estimate of drug-likeness (QED) is 0.899. The number of primary amides is 1. The van der Waals surface area contributed by atoms with Crippen molar-refractivity contribution in [1.82, 2.24) is 4.90 Å². The fourth-order valence-electron chi connectivity index (χ4n) is 2.27. The van der Waals surface area contributed by atoms with Crippen molar-refractivity contribution in [1.29, 1.82) is 0 Å². The minimum absolute atomic E-state index is 0.268. The van der Waals surface area contributed by atoms with Gasteiger partial charge in [-0.3, -0.25) is 4.79 Å². The number of hydrogen-bond donors (Lipinski definition) is 1. The molecule has 1 aromatic rings. The lowest BCUT2D eigenvalue weighted by molar-refractivity contribution is -0.116. The average Bonchev–Trinajstić information content (AvgIpc) is 2.74. The van der Waals surface area contributed by atoms with Crippen molar-refractivity contribution in [3.8, 4) is 0 Å². The predicted molar refractivity (Wildman–Crippen MR) is 81.2 cm³/mol. The Morgan fingerprint density at radius 2 is 2.05 bits per heavy atom. The van der Waals surface area contributed by atoms with E-state index in [9.17, 15) is 4.79 Å². The summed E-state index contributed by atoms with van der Waals surface area (Å²) in [6.07, 6.45) is 2.18. The molecule has 1 aromatic carbocycles. The molecule has 0 saturated carbocycles. The summed E-state index contributed by atoms with van der Waals surface area (Å²) < 4.78 is 0. The molecule has 1 aliphatic rings. The summed E-state index contributed by atoms with van der Waals surface area (Å²) in [5.41, 5.74) is 7.35. The first-order valence-corrected chi connectivity index (χ1v) is 7.56. The molecule has 4 heteroatoms. The number of carbonyl (C=O) groups is 1.